The van der Waals surface area contributed by atoms with E-state index >= 15 is 0 Å². The molecule has 0 saturated heterocycles. The van der Waals surface area contributed by atoms with E-state index in [1.54, 1.807) is 11.3 Å². The Kier molecular flexibility index (Phi) is 8.02. The highest BCUT2D eigenvalue weighted by atomic mass is 32.1. The molecule has 0 spiro atoms. The molecular weight excluding hydrogens is 310 g/mol. The van der Waals surface area contributed by atoms with Gasteiger partial charge in [0.1, 0.15) is 5.01 Å². The summed E-state index contributed by atoms with van der Waals surface area (Å²) >= 11 is 1.69. The largest absolute Gasteiger partial charge is 0.357 e. The fourth-order valence-corrected chi connectivity index (χ4v) is 2.64. The molecule has 1 aromatic rings. The molecule has 0 radical (unpaired) electrons. The quantitative estimate of drug-likeness (QED) is 0.499. The first-order valence-electron chi connectivity index (χ1n) is 8.17. The van der Waals surface area contributed by atoms with E-state index in [2.05, 4.69) is 32.9 Å². The van der Waals surface area contributed by atoms with Gasteiger partial charge >= 0.3 is 0 Å². The third kappa shape index (κ3) is 6.56. The summed E-state index contributed by atoms with van der Waals surface area (Å²) in [6.07, 6.45) is 2.91. The van der Waals surface area contributed by atoms with Crippen molar-refractivity contribution in [2.45, 2.75) is 47.6 Å². The normalized spacial score (nSPS) is 12.1. The maximum Gasteiger partial charge on any atom is 0.227 e. The summed E-state index contributed by atoms with van der Waals surface area (Å²) in [5.41, 5.74) is -0.497. The molecule has 0 atom stereocenters. The van der Waals surface area contributed by atoms with E-state index < -0.39 is 5.41 Å². The number of nitrogens with one attached hydrogen (secondary N) is 3. The van der Waals surface area contributed by atoms with Gasteiger partial charge in [0, 0.05) is 30.7 Å². The van der Waals surface area contributed by atoms with E-state index in [9.17, 15) is 4.79 Å². The smallest absolute Gasteiger partial charge is 0.227 e. The molecule has 0 unspecified atom stereocenters. The van der Waals surface area contributed by atoms with Crippen molar-refractivity contribution in [1.29, 1.82) is 0 Å². The molecule has 1 rings (SSSR count). The zero-order valence-corrected chi connectivity index (χ0v) is 15.6. The minimum absolute atomic E-state index is 0.0378. The van der Waals surface area contributed by atoms with E-state index in [0.717, 1.165) is 18.0 Å². The second-order valence-corrected chi connectivity index (χ2v) is 7.07. The van der Waals surface area contributed by atoms with Gasteiger partial charge in [0.05, 0.1) is 12.0 Å². The second kappa shape index (κ2) is 9.50. The van der Waals surface area contributed by atoms with Crippen LogP contribution in [0.3, 0.4) is 0 Å². The van der Waals surface area contributed by atoms with E-state index in [4.69, 9.17) is 0 Å². The molecule has 23 heavy (non-hydrogen) atoms. The number of aliphatic imine (C=N–C) groups is 1. The van der Waals surface area contributed by atoms with Gasteiger partial charge in [-0.25, -0.2) is 9.98 Å². The molecule has 0 fully saturated rings. The Morgan fingerprint density at radius 3 is 2.48 bits per heavy atom. The Bertz CT molecular complexity index is 524. The lowest BCUT2D eigenvalue weighted by Gasteiger charge is -2.24. The van der Waals surface area contributed by atoms with Crippen LogP contribution in [0, 0.1) is 5.41 Å². The van der Waals surface area contributed by atoms with Gasteiger partial charge in [-0.2, -0.15) is 0 Å². The van der Waals surface area contributed by atoms with Crippen molar-refractivity contribution < 1.29 is 4.79 Å². The van der Waals surface area contributed by atoms with Crippen LogP contribution in [0.5, 0.6) is 0 Å². The topological polar surface area (TPSA) is 78.4 Å². The van der Waals surface area contributed by atoms with E-state index in [1.165, 1.54) is 4.88 Å². The first-order chi connectivity index (χ1) is 10.9. The molecule has 6 nitrogen and oxygen atoms in total. The number of nitrogens with zero attached hydrogens (tertiary/aromatic N) is 2. The Labute approximate surface area is 143 Å². The maximum atomic E-state index is 12.0. The Hall–Kier alpha value is -1.63. The SMILES string of the molecule is CCNC(=O)C(C)(C)CNC(=NCc1ncc(CC)s1)NCC. The zero-order valence-electron chi connectivity index (χ0n) is 14.8. The van der Waals surface area contributed by atoms with Crippen LogP contribution in [0.25, 0.3) is 0 Å². The van der Waals surface area contributed by atoms with Crippen LogP contribution in [0.15, 0.2) is 11.2 Å². The number of guanidine groups is 1. The molecule has 3 N–H and O–H groups in total. The van der Waals surface area contributed by atoms with Crippen molar-refractivity contribution in [2.24, 2.45) is 10.4 Å². The van der Waals surface area contributed by atoms with Crippen LogP contribution in [-0.2, 0) is 17.8 Å². The van der Waals surface area contributed by atoms with Gasteiger partial charge in [0.15, 0.2) is 5.96 Å². The Morgan fingerprint density at radius 1 is 1.22 bits per heavy atom. The summed E-state index contributed by atoms with van der Waals surface area (Å²) in [5, 5.41) is 10.3. The summed E-state index contributed by atoms with van der Waals surface area (Å²) in [6, 6.07) is 0. The minimum atomic E-state index is -0.497. The molecule has 0 aliphatic heterocycles. The van der Waals surface area contributed by atoms with Crippen molar-refractivity contribution in [2.75, 3.05) is 19.6 Å². The summed E-state index contributed by atoms with van der Waals surface area (Å²) in [6.45, 7) is 12.4. The summed E-state index contributed by atoms with van der Waals surface area (Å²) in [4.78, 5) is 22.2. The highest BCUT2D eigenvalue weighted by Crippen LogP contribution is 2.15. The summed E-state index contributed by atoms with van der Waals surface area (Å²) < 4.78 is 0. The van der Waals surface area contributed by atoms with Gasteiger partial charge in [0.25, 0.3) is 0 Å². The second-order valence-electron chi connectivity index (χ2n) is 5.87. The highest BCUT2D eigenvalue weighted by molar-refractivity contribution is 7.11. The molecule has 0 aromatic carbocycles. The predicted molar refractivity (Wildman–Crippen MR) is 96.8 cm³/mol. The van der Waals surface area contributed by atoms with Crippen molar-refractivity contribution in [1.82, 2.24) is 20.9 Å². The minimum Gasteiger partial charge on any atom is -0.357 e. The number of amides is 1. The van der Waals surface area contributed by atoms with E-state index in [0.29, 0.717) is 25.6 Å². The van der Waals surface area contributed by atoms with Gasteiger partial charge in [-0.3, -0.25) is 4.79 Å². The van der Waals surface area contributed by atoms with Crippen molar-refractivity contribution >= 4 is 23.2 Å². The molecular formula is C16H29N5OS. The van der Waals surface area contributed by atoms with Crippen LogP contribution < -0.4 is 16.0 Å². The number of aromatic nitrogens is 1. The van der Waals surface area contributed by atoms with Crippen LogP contribution in [0.1, 0.15) is 44.5 Å². The Balaban J connectivity index is 2.63. The van der Waals surface area contributed by atoms with Crippen molar-refractivity contribution in [3.63, 3.8) is 0 Å². The van der Waals surface area contributed by atoms with Crippen LogP contribution in [0.2, 0.25) is 0 Å². The first kappa shape index (κ1) is 19.4. The summed E-state index contributed by atoms with van der Waals surface area (Å²) in [7, 11) is 0. The van der Waals surface area contributed by atoms with Gasteiger partial charge in [-0.15, -0.1) is 11.3 Å². The van der Waals surface area contributed by atoms with Crippen LogP contribution >= 0.6 is 11.3 Å². The van der Waals surface area contributed by atoms with Crippen LogP contribution in [-0.4, -0.2) is 36.5 Å². The fraction of sp³-hybridized carbons (Fsp3) is 0.688. The summed E-state index contributed by atoms with van der Waals surface area (Å²) in [5.74, 6) is 0.744. The number of hydrogen-bond acceptors (Lipinski definition) is 4. The molecule has 7 heteroatoms. The van der Waals surface area contributed by atoms with E-state index in [1.807, 2.05) is 33.9 Å². The van der Waals surface area contributed by atoms with Gasteiger partial charge in [-0.05, 0) is 34.1 Å². The molecule has 1 amide bonds. The number of aryl methyl sites for hydroxylation is 1. The van der Waals surface area contributed by atoms with Gasteiger partial charge in [0.2, 0.25) is 5.91 Å². The first-order valence-corrected chi connectivity index (χ1v) is 8.98. The third-order valence-electron chi connectivity index (χ3n) is 3.32. The fourth-order valence-electron chi connectivity index (χ4n) is 1.86. The molecule has 1 heterocycles. The van der Waals surface area contributed by atoms with E-state index in [-0.39, 0.29) is 5.91 Å². The molecule has 1 aromatic heterocycles. The van der Waals surface area contributed by atoms with Gasteiger partial charge in [-0.1, -0.05) is 6.92 Å². The standard InChI is InChI=1S/C16H29N5OS/c1-6-12-9-19-13(23-12)10-20-15(18-8-3)21-11-16(4,5)14(22)17-7-2/h9H,6-8,10-11H2,1-5H3,(H,17,22)(H2,18,20,21). The number of carbonyl (C=O) groups is 1. The van der Waals surface area contributed by atoms with Crippen molar-refractivity contribution in [3.05, 3.63) is 16.1 Å². The zero-order chi connectivity index (χ0) is 17.3. The lowest BCUT2D eigenvalue weighted by molar-refractivity contribution is -0.128. The molecule has 130 valence electrons. The average molecular weight is 340 g/mol. The molecule has 0 aliphatic carbocycles. The number of hydrogen-bond donors (Lipinski definition) is 3. The van der Waals surface area contributed by atoms with Gasteiger partial charge < -0.3 is 16.0 Å². The number of rotatable bonds is 8. The van der Waals surface area contributed by atoms with Crippen LogP contribution in [0.4, 0.5) is 0 Å². The Morgan fingerprint density at radius 2 is 1.91 bits per heavy atom. The maximum absolute atomic E-state index is 12.0. The number of thiazole rings is 1. The highest BCUT2D eigenvalue weighted by Gasteiger charge is 2.27. The van der Waals surface area contributed by atoms with Crippen molar-refractivity contribution in [3.8, 4) is 0 Å². The third-order valence-corrected chi connectivity index (χ3v) is 4.44. The molecule has 0 bridgehead atoms. The number of carbonyl (C=O) groups excluding carboxylic acids is 1. The molecule has 0 aliphatic rings. The lowest BCUT2D eigenvalue weighted by Crippen LogP contribution is -2.47. The molecule has 0 saturated carbocycles. The predicted octanol–water partition coefficient (Wildman–Crippen LogP) is 1.92. The lowest BCUT2D eigenvalue weighted by atomic mass is 9.92. The monoisotopic (exact) mass is 339 g/mol. The average Bonchev–Trinajstić information content (AvgIpc) is 2.98.